The molecule has 16 heavy (non-hydrogen) atoms. The van der Waals surface area contributed by atoms with Gasteiger partial charge >= 0.3 is 0 Å². The van der Waals surface area contributed by atoms with E-state index in [1.54, 1.807) is 11.3 Å². The predicted molar refractivity (Wildman–Crippen MR) is 74.4 cm³/mol. The molecule has 1 unspecified atom stereocenters. The summed E-state index contributed by atoms with van der Waals surface area (Å²) in [7, 11) is 1.96. The van der Waals surface area contributed by atoms with Crippen LogP contribution in [0.15, 0.2) is 40.9 Å². The average molecular weight is 317 g/mol. The van der Waals surface area contributed by atoms with Gasteiger partial charge < -0.3 is 5.32 Å². The smallest absolute Gasteiger partial charge is 0.107 e. The molecule has 0 spiro atoms. The summed E-state index contributed by atoms with van der Waals surface area (Å²) in [5.74, 6) is 0. The summed E-state index contributed by atoms with van der Waals surface area (Å²) < 4.78 is 1.76. The molecule has 0 aliphatic rings. The minimum absolute atomic E-state index is 0.204. The van der Waals surface area contributed by atoms with E-state index in [-0.39, 0.29) is 6.04 Å². The van der Waals surface area contributed by atoms with Crippen molar-refractivity contribution in [3.63, 3.8) is 0 Å². The highest BCUT2D eigenvalue weighted by Gasteiger charge is 2.15. The summed E-state index contributed by atoms with van der Waals surface area (Å²) in [6, 6.07) is 12.6. The van der Waals surface area contributed by atoms with E-state index < -0.39 is 0 Å². The fourth-order valence-corrected chi connectivity index (χ4v) is 3.50. The van der Waals surface area contributed by atoms with E-state index in [2.05, 4.69) is 39.4 Å². The van der Waals surface area contributed by atoms with Gasteiger partial charge in [-0.1, -0.05) is 41.9 Å². The summed E-state index contributed by atoms with van der Waals surface area (Å²) in [5, 5.41) is 3.31. The molecule has 84 valence electrons. The molecule has 1 aromatic heterocycles. The van der Waals surface area contributed by atoms with Crippen molar-refractivity contribution < 1.29 is 0 Å². The highest BCUT2D eigenvalue weighted by Crippen LogP contribution is 2.37. The zero-order valence-corrected chi connectivity index (χ0v) is 11.9. The lowest BCUT2D eigenvalue weighted by Crippen LogP contribution is -2.16. The Labute approximate surface area is 113 Å². The van der Waals surface area contributed by atoms with Crippen LogP contribution < -0.4 is 5.32 Å². The molecule has 1 atom stereocenters. The van der Waals surface area contributed by atoms with Crippen LogP contribution in [-0.4, -0.2) is 7.05 Å². The summed E-state index contributed by atoms with van der Waals surface area (Å²) in [5.41, 5.74) is 1.25. The molecule has 0 bridgehead atoms. The first-order valence-corrected chi connectivity index (χ1v) is 6.88. The lowest BCUT2D eigenvalue weighted by Gasteiger charge is -2.14. The second kappa shape index (κ2) is 5.32. The van der Waals surface area contributed by atoms with Crippen LogP contribution in [0.3, 0.4) is 0 Å². The number of benzene rings is 1. The van der Waals surface area contributed by atoms with Gasteiger partial charge in [0.2, 0.25) is 0 Å². The van der Waals surface area contributed by atoms with E-state index in [9.17, 15) is 0 Å². The van der Waals surface area contributed by atoms with Crippen LogP contribution >= 0.6 is 38.9 Å². The normalized spacial score (nSPS) is 12.7. The van der Waals surface area contributed by atoms with Gasteiger partial charge in [-0.25, -0.2) is 0 Å². The first kappa shape index (κ1) is 12.1. The molecule has 0 saturated carbocycles. The zero-order chi connectivity index (χ0) is 11.5. The molecule has 2 aromatic rings. The van der Waals surface area contributed by atoms with Crippen molar-refractivity contribution >= 4 is 38.9 Å². The Bertz CT molecular complexity index is 450. The van der Waals surface area contributed by atoms with Crippen molar-refractivity contribution in [1.82, 2.24) is 5.32 Å². The average Bonchev–Trinajstić information content (AvgIpc) is 2.61. The number of hydrogen-bond acceptors (Lipinski definition) is 2. The Morgan fingerprint density at radius 1 is 1.31 bits per heavy atom. The van der Waals surface area contributed by atoms with Crippen LogP contribution in [-0.2, 0) is 0 Å². The molecule has 0 fully saturated rings. The van der Waals surface area contributed by atoms with Crippen molar-refractivity contribution in [2.75, 3.05) is 7.05 Å². The van der Waals surface area contributed by atoms with Gasteiger partial charge in [-0.3, -0.25) is 0 Å². The van der Waals surface area contributed by atoms with E-state index in [0.717, 1.165) is 8.81 Å². The third kappa shape index (κ3) is 2.48. The van der Waals surface area contributed by atoms with Gasteiger partial charge in [0.15, 0.2) is 0 Å². The SMILES string of the molecule is CNC(c1ccccc1)c1cc(Br)c(Cl)s1. The maximum Gasteiger partial charge on any atom is 0.107 e. The Balaban J connectivity index is 2.37. The predicted octanol–water partition coefficient (Wildman–Crippen LogP) is 4.47. The van der Waals surface area contributed by atoms with E-state index in [1.165, 1.54) is 10.4 Å². The summed E-state index contributed by atoms with van der Waals surface area (Å²) in [6.45, 7) is 0. The van der Waals surface area contributed by atoms with Gasteiger partial charge in [0.05, 0.1) is 6.04 Å². The molecular weight excluding hydrogens is 306 g/mol. The molecule has 0 radical (unpaired) electrons. The molecule has 0 saturated heterocycles. The van der Waals surface area contributed by atoms with Crippen LogP contribution in [0, 0.1) is 0 Å². The fraction of sp³-hybridized carbons (Fsp3) is 0.167. The highest BCUT2D eigenvalue weighted by molar-refractivity contribution is 9.10. The first-order chi connectivity index (χ1) is 7.72. The molecule has 1 heterocycles. The Hall–Kier alpha value is -0.350. The van der Waals surface area contributed by atoms with Crippen molar-refractivity contribution in [2.45, 2.75) is 6.04 Å². The minimum atomic E-state index is 0.204. The van der Waals surface area contributed by atoms with Crippen LogP contribution in [0.5, 0.6) is 0 Å². The second-order valence-corrected chi connectivity index (χ2v) is 5.94. The Morgan fingerprint density at radius 2 is 2.00 bits per heavy atom. The van der Waals surface area contributed by atoms with Gasteiger partial charge in [0.25, 0.3) is 0 Å². The van der Waals surface area contributed by atoms with Crippen LogP contribution in [0.25, 0.3) is 0 Å². The van der Waals surface area contributed by atoms with Crippen molar-refractivity contribution in [3.05, 3.63) is 55.6 Å². The third-order valence-electron chi connectivity index (χ3n) is 2.37. The molecule has 1 nitrogen and oxygen atoms in total. The molecule has 0 aliphatic heterocycles. The summed E-state index contributed by atoms with van der Waals surface area (Å²) >= 11 is 11.1. The number of hydrogen-bond donors (Lipinski definition) is 1. The molecule has 1 aromatic carbocycles. The van der Waals surface area contributed by atoms with Crippen LogP contribution in [0.2, 0.25) is 4.34 Å². The quantitative estimate of drug-likeness (QED) is 0.881. The van der Waals surface area contributed by atoms with E-state index in [0.29, 0.717) is 0 Å². The van der Waals surface area contributed by atoms with E-state index >= 15 is 0 Å². The number of nitrogens with one attached hydrogen (secondary N) is 1. The first-order valence-electron chi connectivity index (χ1n) is 4.89. The standard InChI is InChI=1S/C12H11BrClNS/c1-15-11(8-5-3-2-4-6-8)10-7-9(13)12(14)16-10/h2-7,11,15H,1H3. The van der Waals surface area contributed by atoms with Crippen molar-refractivity contribution in [1.29, 1.82) is 0 Å². The van der Waals surface area contributed by atoms with E-state index in [4.69, 9.17) is 11.6 Å². The Kier molecular flexibility index (Phi) is 4.03. The molecule has 0 aliphatic carbocycles. The van der Waals surface area contributed by atoms with Crippen molar-refractivity contribution in [3.8, 4) is 0 Å². The van der Waals surface area contributed by atoms with Gasteiger partial charge in [-0.05, 0) is 34.6 Å². The Morgan fingerprint density at radius 3 is 2.50 bits per heavy atom. The monoisotopic (exact) mass is 315 g/mol. The van der Waals surface area contributed by atoms with Gasteiger partial charge in [-0.2, -0.15) is 0 Å². The van der Waals surface area contributed by atoms with Crippen molar-refractivity contribution in [2.24, 2.45) is 0 Å². The molecule has 0 amide bonds. The molecular formula is C12H11BrClNS. The van der Waals surface area contributed by atoms with Gasteiger partial charge in [0.1, 0.15) is 4.34 Å². The lowest BCUT2D eigenvalue weighted by atomic mass is 10.1. The summed E-state index contributed by atoms with van der Waals surface area (Å²) in [6.07, 6.45) is 0. The van der Waals surface area contributed by atoms with Crippen LogP contribution in [0.1, 0.15) is 16.5 Å². The van der Waals surface area contributed by atoms with Gasteiger partial charge in [0, 0.05) is 9.35 Å². The summed E-state index contributed by atoms with van der Waals surface area (Å²) in [4.78, 5) is 1.21. The largest absolute Gasteiger partial charge is 0.309 e. The van der Waals surface area contributed by atoms with E-state index in [1.807, 2.05) is 25.2 Å². The minimum Gasteiger partial charge on any atom is -0.309 e. The van der Waals surface area contributed by atoms with Crippen LogP contribution in [0.4, 0.5) is 0 Å². The number of thiophene rings is 1. The second-order valence-electron chi connectivity index (χ2n) is 3.40. The number of halogens is 2. The fourth-order valence-electron chi connectivity index (χ4n) is 1.62. The number of rotatable bonds is 3. The maximum atomic E-state index is 6.06. The topological polar surface area (TPSA) is 12.0 Å². The third-order valence-corrected chi connectivity index (χ3v) is 4.91. The zero-order valence-electron chi connectivity index (χ0n) is 8.71. The molecule has 2 rings (SSSR count). The lowest BCUT2D eigenvalue weighted by molar-refractivity contribution is 0.704. The van der Waals surface area contributed by atoms with Gasteiger partial charge in [-0.15, -0.1) is 11.3 Å². The maximum absolute atomic E-state index is 6.06. The highest BCUT2D eigenvalue weighted by atomic mass is 79.9. The molecule has 4 heteroatoms. The molecule has 1 N–H and O–H groups in total.